The van der Waals surface area contributed by atoms with Gasteiger partial charge in [0, 0.05) is 12.3 Å². The third-order valence-electron chi connectivity index (χ3n) is 3.93. The van der Waals surface area contributed by atoms with Gasteiger partial charge >= 0.3 is 11.9 Å². The zero-order chi connectivity index (χ0) is 17.1. The van der Waals surface area contributed by atoms with E-state index in [9.17, 15) is 14.4 Å². The molecule has 0 aromatic carbocycles. The number of ketones is 1. The maximum absolute atomic E-state index is 12.5. The average Bonchev–Trinajstić information content (AvgIpc) is 3.14. The van der Waals surface area contributed by atoms with Crippen LogP contribution >= 0.6 is 0 Å². The summed E-state index contributed by atoms with van der Waals surface area (Å²) in [4.78, 5) is 39.0. The summed E-state index contributed by atoms with van der Waals surface area (Å²) in [7, 11) is 1.28. The van der Waals surface area contributed by atoms with Crippen molar-refractivity contribution in [1.29, 1.82) is 0 Å². The molecule has 2 heterocycles. The molecule has 2 atom stereocenters. The number of ether oxygens (including phenoxy) is 3. The first kappa shape index (κ1) is 17.2. The Morgan fingerprint density at radius 3 is 2.57 bits per heavy atom. The summed E-state index contributed by atoms with van der Waals surface area (Å²) in [5.41, 5.74) is 1.60. The average molecular weight is 323 g/mol. The van der Waals surface area contributed by atoms with Crippen LogP contribution in [-0.2, 0) is 19.0 Å². The number of H-pyrrole nitrogens is 1. The van der Waals surface area contributed by atoms with Crippen LogP contribution < -0.4 is 0 Å². The Balaban J connectivity index is 2.13. The number of Topliss-reactive ketones (excluding diaryl/α,β-unsaturated/α-hetero) is 1. The highest BCUT2D eigenvalue weighted by Gasteiger charge is 2.31. The van der Waals surface area contributed by atoms with Gasteiger partial charge in [0.05, 0.1) is 18.4 Å². The van der Waals surface area contributed by atoms with E-state index in [1.165, 1.54) is 14.0 Å². The van der Waals surface area contributed by atoms with E-state index in [1.807, 2.05) is 0 Å². The lowest BCUT2D eigenvalue weighted by molar-refractivity contribution is -0.156. The number of carbonyl (C=O) groups excluding carboxylic acids is 3. The predicted octanol–water partition coefficient (Wildman–Crippen LogP) is 1.71. The number of hydrogen-bond acceptors (Lipinski definition) is 6. The third-order valence-corrected chi connectivity index (χ3v) is 3.93. The van der Waals surface area contributed by atoms with Crippen molar-refractivity contribution in [2.24, 2.45) is 0 Å². The second kappa shape index (κ2) is 6.95. The van der Waals surface area contributed by atoms with Gasteiger partial charge in [-0.2, -0.15) is 0 Å². The number of carbonyl (C=O) groups is 3. The number of methoxy groups -OCH3 is 1. The number of esters is 2. The molecule has 1 aromatic rings. The molecule has 1 N–H and O–H groups in total. The summed E-state index contributed by atoms with van der Waals surface area (Å²) in [6, 6.07) is 0. The Morgan fingerprint density at radius 1 is 1.30 bits per heavy atom. The van der Waals surface area contributed by atoms with Gasteiger partial charge in [0.25, 0.3) is 0 Å². The highest BCUT2D eigenvalue weighted by molar-refractivity contribution is 6.04. The van der Waals surface area contributed by atoms with E-state index >= 15 is 0 Å². The van der Waals surface area contributed by atoms with Crippen molar-refractivity contribution < 1.29 is 28.6 Å². The lowest BCUT2D eigenvalue weighted by atomic mass is 10.1. The minimum Gasteiger partial charge on any atom is -0.465 e. The molecule has 0 bridgehead atoms. The Labute approximate surface area is 134 Å². The summed E-state index contributed by atoms with van der Waals surface area (Å²) in [6.45, 7) is 5.36. The van der Waals surface area contributed by atoms with E-state index in [4.69, 9.17) is 14.2 Å². The fourth-order valence-electron chi connectivity index (χ4n) is 2.68. The topological polar surface area (TPSA) is 94.7 Å². The molecule has 1 saturated heterocycles. The fourth-order valence-corrected chi connectivity index (χ4v) is 2.68. The molecule has 1 aliphatic heterocycles. The number of aromatic amines is 1. The first-order chi connectivity index (χ1) is 10.9. The Hall–Kier alpha value is -2.15. The van der Waals surface area contributed by atoms with E-state index in [0.29, 0.717) is 29.8 Å². The number of rotatable bonds is 5. The molecular formula is C16H21NO6. The maximum atomic E-state index is 12.5. The van der Waals surface area contributed by atoms with Crippen LogP contribution in [0.4, 0.5) is 0 Å². The molecule has 0 spiro atoms. The van der Waals surface area contributed by atoms with Crippen LogP contribution in [0.5, 0.6) is 0 Å². The first-order valence-electron chi connectivity index (χ1n) is 7.50. The van der Waals surface area contributed by atoms with Gasteiger partial charge in [0.1, 0.15) is 0 Å². The zero-order valence-electron chi connectivity index (χ0n) is 13.7. The number of aromatic nitrogens is 1. The minimum absolute atomic E-state index is 0.246. The number of nitrogens with one attached hydrogen (secondary N) is 1. The summed E-state index contributed by atoms with van der Waals surface area (Å²) >= 11 is 0. The van der Waals surface area contributed by atoms with E-state index in [-0.39, 0.29) is 5.69 Å². The molecule has 0 aliphatic carbocycles. The molecule has 1 aromatic heterocycles. The normalized spacial score (nSPS) is 18.5. The molecule has 1 fully saturated rings. The van der Waals surface area contributed by atoms with Crippen LogP contribution in [-0.4, -0.2) is 48.6 Å². The van der Waals surface area contributed by atoms with Gasteiger partial charge in [0.2, 0.25) is 5.78 Å². The lowest BCUT2D eigenvalue weighted by Gasteiger charge is -2.15. The highest BCUT2D eigenvalue weighted by atomic mass is 16.6. The summed E-state index contributed by atoms with van der Waals surface area (Å²) in [5.74, 6) is -1.44. The molecule has 23 heavy (non-hydrogen) atoms. The monoisotopic (exact) mass is 323 g/mol. The van der Waals surface area contributed by atoms with Gasteiger partial charge in [-0.15, -0.1) is 0 Å². The molecule has 2 rings (SSSR count). The van der Waals surface area contributed by atoms with Crippen LogP contribution in [0.3, 0.4) is 0 Å². The maximum Gasteiger partial charge on any atom is 0.339 e. The van der Waals surface area contributed by atoms with Crippen molar-refractivity contribution in [3.8, 4) is 0 Å². The minimum atomic E-state index is -0.964. The Kier molecular flexibility index (Phi) is 5.20. The van der Waals surface area contributed by atoms with Crippen molar-refractivity contribution in [2.45, 2.75) is 45.8 Å². The molecular weight excluding hydrogens is 302 g/mol. The van der Waals surface area contributed by atoms with Crippen molar-refractivity contribution in [1.82, 2.24) is 4.98 Å². The molecule has 7 nitrogen and oxygen atoms in total. The predicted molar refractivity (Wildman–Crippen MR) is 80.5 cm³/mol. The first-order valence-corrected chi connectivity index (χ1v) is 7.50. The van der Waals surface area contributed by atoms with E-state index in [2.05, 4.69) is 4.98 Å². The molecule has 0 unspecified atom stereocenters. The Bertz CT molecular complexity index is 627. The van der Waals surface area contributed by atoms with Gasteiger partial charge in [0.15, 0.2) is 12.2 Å². The molecule has 0 amide bonds. The van der Waals surface area contributed by atoms with Crippen LogP contribution in [0.2, 0.25) is 0 Å². The van der Waals surface area contributed by atoms with E-state index in [1.54, 1.807) is 13.8 Å². The molecule has 0 radical (unpaired) electrons. The molecule has 0 saturated carbocycles. The fraction of sp³-hybridized carbons (Fsp3) is 0.562. The molecule has 1 aliphatic rings. The second-order valence-electron chi connectivity index (χ2n) is 5.56. The summed E-state index contributed by atoms with van der Waals surface area (Å²) in [5, 5.41) is 0. The smallest absolute Gasteiger partial charge is 0.339 e. The van der Waals surface area contributed by atoms with Crippen molar-refractivity contribution in [2.75, 3.05) is 13.7 Å². The van der Waals surface area contributed by atoms with Crippen LogP contribution in [0, 0.1) is 13.8 Å². The standard InChI is InChI=1S/C16H21NO6/c1-8-12(16(20)21-4)9(2)17-13(8)14(18)10(3)23-15(19)11-6-5-7-22-11/h10-11,17H,5-7H2,1-4H3/t10-,11-/m1/s1. The zero-order valence-corrected chi connectivity index (χ0v) is 13.7. The van der Waals surface area contributed by atoms with Crippen LogP contribution in [0.15, 0.2) is 0 Å². The van der Waals surface area contributed by atoms with Gasteiger partial charge in [-0.25, -0.2) is 9.59 Å². The molecule has 7 heteroatoms. The van der Waals surface area contributed by atoms with Crippen molar-refractivity contribution in [3.63, 3.8) is 0 Å². The van der Waals surface area contributed by atoms with Gasteiger partial charge < -0.3 is 19.2 Å². The summed E-state index contributed by atoms with van der Waals surface area (Å²) in [6.07, 6.45) is -0.150. The SMILES string of the molecule is COC(=O)c1c(C)[nH]c(C(=O)[C@@H](C)OC(=O)[C@H]2CCCO2)c1C. The summed E-state index contributed by atoms with van der Waals surface area (Å²) < 4.78 is 15.1. The van der Waals surface area contributed by atoms with E-state index in [0.717, 1.165) is 6.42 Å². The highest BCUT2D eigenvalue weighted by Crippen LogP contribution is 2.21. The van der Waals surface area contributed by atoms with Crippen molar-refractivity contribution in [3.05, 3.63) is 22.5 Å². The van der Waals surface area contributed by atoms with Crippen LogP contribution in [0.1, 0.15) is 51.9 Å². The van der Waals surface area contributed by atoms with E-state index < -0.39 is 29.9 Å². The molecule has 126 valence electrons. The van der Waals surface area contributed by atoms with Gasteiger partial charge in [-0.05, 0) is 39.2 Å². The number of hydrogen-bond donors (Lipinski definition) is 1. The Morgan fingerprint density at radius 2 is 2.00 bits per heavy atom. The van der Waals surface area contributed by atoms with Gasteiger partial charge in [-0.1, -0.05) is 0 Å². The lowest BCUT2D eigenvalue weighted by Crippen LogP contribution is -2.31. The van der Waals surface area contributed by atoms with Gasteiger partial charge in [-0.3, -0.25) is 4.79 Å². The third kappa shape index (κ3) is 3.44. The second-order valence-corrected chi connectivity index (χ2v) is 5.56. The number of aryl methyl sites for hydroxylation is 1. The van der Waals surface area contributed by atoms with Crippen molar-refractivity contribution >= 4 is 17.7 Å². The van der Waals surface area contributed by atoms with Crippen LogP contribution in [0.25, 0.3) is 0 Å². The quantitative estimate of drug-likeness (QED) is 0.655. The largest absolute Gasteiger partial charge is 0.465 e.